The summed E-state index contributed by atoms with van der Waals surface area (Å²) in [4.78, 5) is 0. The van der Waals surface area contributed by atoms with Crippen LogP contribution in [0.4, 0.5) is 0 Å². The maximum absolute atomic E-state index is 9.95. The van der Waals surface area contributed by atoms with E-state index in [2.05, 4.69) is 0 Å². The highest BCUT2D eigenvalue weighted by molar-refractivity contribution is 5.01. The molecule has 7 unspecified atom stereocenters. The number of aliphatic hydroxyl groups excluding tert-OH is 9. The van der Waals surface area contributed by atoms with Crippen LogP contribution in [0.25, 0.3) is 0 Å². The van der Waals surface area contributed by atoms with Crippen LogP contribution < -0.4 is 0 Å². The third-order valence-corrected chi connectivity index (χ3v) is 4.74. The van der Waals surface area contributed by atoms with E-state index in [-0.39, 0.29) is 6.42 Å². The number of ether oxygens (including phenoxy) is 1. The van der Waals surface area contributed by atoms with Gasteiger partial charge in [0.15, 0.2) is 0 Å². The highest BCUT2D eigenvalue weighted by atomic mass is 16.5. The molecule has 0 saturated heterocycles. The van der Waals surface area contributed by atoms with Gasteiger partial charge in [-0.05, 0) is 6.42 Å². The van der Waals surface area contributed by atoms with Crippen molar-refractivity contribution in [2.24, 2.45) is 5.92 Å². The van der Waals surface area contributed by atoms with Crippen LogP contribution in [0.5, 0.6) is 0 Å². The van der Waals surface area contributed by atoms with E-state index in [1.54, 1.807) is 0 Å². The Bertz CT molecular complexity index is 377. The molecule has 10 heteroatoms. The summed E-state index contributed by atoms with van der Waals surface area (Å²) in [5, 5.41) is 87.2. The molecular weight excluding hydrogens is 316 g/mol. The first-order valence-electron chi connectivity index (χ1n) is 7.41. The van der Waals surface area contributed by atoms with E-state index in [1.165, 1.54) is 0 Å². The van der Waals surface area contributed by atoms with Crippen LogP contribution in [0, 0.1) is 5.92 Å². The summed E-state index contributed by atoms with van der Waals surface area (Å²) in [6.45, 7) is -0.482. The molecule has 0 heterocycles. The van der Waals surface area contributed by atoms with Gasteiger partial charge in [0.2, 0.25) is 0 Å². The average Bonchev–Trinajstić information content (AvgIpc) is 2.54. The van der Waals surface area contributed by atoms with Crippen molar-refractivity contribution in [2.45, 2.75) is 67.5 Å². The van der Waals surface area contributed by atoms with Gasteiger partial charge in [-0.2, -0.15) is 0 Å². The lowest BCUT2D eigenvalue weighted by atomic mass is 9.80. The lowest BCUT2D eigenvalue weighted by Crippen LogP contribution is -2.66. The van der Waals surface area contributed by atoms with Gasteiger partial charge in [-0.25, -0.2) is 0 Å². The summed E-state index contributed by atoms with van der Waals surface area (Å²) in [7, 11) is 0. The number of hydrogen-bond donors (Lipinski definition) is 9. The van der Waals surface area contributed by atoms with Crippen LogP contribution in [0.1, 0.15) is 6.42 Å². The second-order valence-corrected chi connectivity index (χ2v) is 6.24. The third-order valence-electron chi connectivity index (χ3n) is 4.74. The van der Waals surface area contributed by atoms with Crippen molar-refractivity contribution >= 4 is 0 Å². The van der Waals surface area contributed by atoms with E-state index in [0.717, 1.165) is 0 Å². The molecule has 2 aliphatic rings. The molecule has 2 saturated carbocycles. The first-order chi connectivity index (χ1) is 10.7. The van der Waals surface area contributed by atoms with Crippen molar-refractivity contribution in [1.29, 1.82) is 0 Å². The minimum atomic E-state index is -1.77. The quantitative estimate of drug-likeness (QED) is 0.240. The van der Waals surface area contributed by atoms with Gasteiger partial charge in [0.05, 0.1) is 12.2 Å². The fraction of sp³-hybridized carbons (Fsp3) is 1.00. The molecule has 2 fully saturated rings. The highest BCUT2D eigenvalue weighted by Gasteiger charge is 2.51. The minimum absolute atomic E-state index is 0.0828. The van der Waals surface area contributed by atoms with E-state index < -0.39 is 73.6 Å². The zero-order chi connectivity index (χ0) is 17.5. The highest BCUT2D eigenvalue weighted by Crippen LogP contribution is 2.32. The molecule has 136 valence electrons. The summed E-state index contributed by atoms with van der Waals surface area (Å²) in [5.74, 6) is -0.795. The summed E-state index contributed by atoms with van der Waals surface area (Å²) in [6.07, 6.45) is -16.1. The number of aliphatic hydroxyl groups is 9. The molecule has 0 radical (unpaired) electrons. The van der Waals surface area contributed by atoms with Gasteiger partial charge < -0.3 is 50.7 Å². The number of hydrogen-bond acceptors (Lipinski definition) is 10. The van der Waals surface area contributed by atoms with E-state index in [1.807, 2.05) is 0 Å². The number of rotatable bonds is 3. The van der Waals surface area contributed by atoms with Gasteiger partial charge in [-0.3, -0.25) is 0 Å². The predicted molar refractivity (Wildman–Crippen MR) is 71.9 cm³/mol. The zero-order valence-corrected chi connectivity index (χ0v) is 12.2. The normalized spacial score (nSPS) is 54.9. The fourth-order valence-electron chi connectivity index (χ4n) is 3.16. The largest absolute Gasteiger partial charge is 0.396 e. The predicted octanol–water partition coefficient (Wildman–Crippen LogP) is -5.35. The van der Waals surface area contributed by atoms with Crippen molar-refractivity contribution in [3.8, 4) is 0 Å². The molecule has 0 bridgehead atoms. The molecule has 2 aliphatic carbocycles. The first-order valence-corrected chi connectivity index (χ1v) is 7.41. The maximum atomic E-state index is 9.95. The molecule has 9 N–H and O–H groups in total. The zero-order valence-electron chi connectivity index (χ0n) is 12.2. The van der Waals surface area contributed by atoms with Crippen molar-refractivity contribution in [3.05, 3.63) is 0 Å². The molecule has 0 spiro atoms. The minimum Gasteiger partial charge on any atom is -0.396 e. The molecule has 0 aromatic carbocycles. The third kappa shape index (κ3) is 3.37. The Morgan fingerprint density at radius 3 is 1.52 bits per heavy atom. The van der Waals surface area contributed by atoms with Crippen LogP contribution >= 0.6 is 0 Å². The van der Waals surface area contributed by atoms with E-state index in [9.17, 15) is 46.0 Å². The monoisotopic (exact) mass is 340 g/mol. The summed E-state index contributed by atoms with van der Waals surface area (Å²) < 4.78 is 5.35. The van der Waals surface area contributed by atoms with Gasteiger partial charge in [-0.15, -0.1) is 0 Å². The molecule has 9 atom stereocenters. The van der Waals surface area contributed by atoms with Crippen molar-refractivity contribution < 1.29 is 50.7 Å². The van der Waals surface area contributed by atoms with Crippen LogP contribution in [-0.4, -0.2) is 114 Å². The van der Waals surface area contributed by atoms with Crippen molar-refractivity contribution in [3.63, 3.8) is 0 Å². The molecule has 10 nitrogen and oxygen atoms in total. The van der Waals surface area contributed by atoms with E-state index in [0.29, 0.717) is 0 Å². The first kappa shape index (κ1) is 18.9. The Hall–Kier alpha value is -0.400. The van der Waals surface area contributed by atoms with Gasteiger partial charge in [0, 0.05) is 12.5 Å². The molecule has 23 heavy (non-hydrogen) atoms. The fourth-order valence-corrected chi connectivity index (χ4v) is 3.16. The molecular formula is C13H24O10. The second kappa shape index (κ2) is 7.23. The van der Waals surface area contributed by atoms with Gasteiger partial charge in [-0.1, -0.05) is 0 Å². The van der Waals surface area contributed by atoms with Crippen molar-refractivity contribution in [1.82, 2.24) is 0 Å². The Balaban J connectivity index is 2.13. The molecule has 2 rings (SSSR count). The Morgan fingerprint density at radius 1 is 0.609 bits per heavy atom. The SMILES string of the molecule is OCC1C[C@@H](OC2C(O)C(O)C(O)C(O)C2O)C(O)C(O)[C@H]1O. The van der Waals surface area contributed by atoms with Crippen LogP contribution in [0.2, 0.25) is 0 Å². The van der Waals surface area contributed by atoms with Gasteiger partial charge >= 0.3 is 0 Å². The topological polar surface area (TPSA) is 191 Å². The van der Waals surface area contributed by atoms with Crippen LogP contribution in [0.15, 0.2) is 0 Å². The average molecular weight is 340 g/mol. The lowest BCUT2D eigenvalue weighted by molar-refractivity contribution is -0.267. The second-order valence-electron chi connectivity index (χ2n) is 6.24. The lowest BCUT2D eigenvalue weighted by Gasteiger charge is -2.46. The van der Waals surface area contributed by atoms with Gasteiger partial charge in [0.25, 0.3) is 0 Å². The summed E-state index contributed by atoms with van der Waals surface area (Å²) in [5.41, 5.74) is 0. The standard InChI is InChI=1S/C13H24O10/c14-2-3-1-4(6(16)7(17)5(3)15)23-13-11(21)9(19)8(18)10(20)12(13)22/h3-22H,1-2H2/t3?,4-,5+,6?,7?,8?,9?,10?,11?,12?,13?/m1/s1. The summed E-state index contributed by atoms with van der Waals surface area (Å²) in [6, 6.07) is 0. The molecule has 0 aromatic heterocycles. The molecule has 0 aromatic rings. The van der Waals surface area contributed by atoms with Crippen molar-refractivity contribution in [2.75, 3.05) is 6.61 Å². The van der Waals surface area contributed by atoms with Gasteiger partial charge in [0.1, 0.15) is 48.8 Å². The Kier molecular flexibility index (Phi) is 5.95. The Morgan fingerprint density at radius 2 is 1.04 bits per heavy atom. The van der Waals surface area contributed by atoms with E-state index in [4.69, 9.17) is 4.74 Å². The van der Waals surface area contributed by atoms with E-state index >= 15 is 0 Å². The Labute approximate surface area is 131 Å². The van der Waals surface area contributed by atoms with Crippen LogP contribution in [-0.2, 0) is 4.74 Å². The molecule has 0 aliphatic heterocycles. The molecule has 0 amide bonds. The smallest absolute Gasteiger partial charge is 0.115 e. The maximum Gasteiger partial charge on any atom is 0.115 e. The van der Waals surface area contributed by atoms with Crippen LogP contribution in [0.3, 0.4) is 0 Å². The summed E-state index contributed by atoms with van der Waals surface area (Å²) >= 11 is 0.